The summed E-state index contributed by atoms with van der Waals surface area (Å²) in [6.45, 7) is 5.74. The van der Waals surface area contributed by atoms with Crippen LogP contribution in [0.3, 0.4) is 0 Å². The summed E-state index contributed by atoms with van der Waals surface area (Å²) in [5.41, 5.74) is 0.524. The number of nitrogens with zero attached hydrogens (tertiary/aromatic N) is 1. The molecule has 5 nitrogen and oxygen atoms in total. The molecule has 1 aliphatic rings. The Morgan fingerprint density at radius 3 is 2.42 bits per heavy atom. The van der Waals surface area contributed by atoms with Crippen LogP contribution < -0.4 is 0 Å². The molecule has 0 aromatic carbocycles. The first-order chi connectivity index (χ1) is 8.69. The molecule has 1 aromatic rings. The number of rotatable bonds is 2. The zero-order chi connectivity index (χ0) is 14.3. The van der Waals surface area contributed by atoms with E-state index in [0.717, 1.165) is 12.8 Å². The predicted molar refractivity (Wildman–Crippen MR) is 72.8 cm³/mol. The molecule has 2 heterocycles. The number of aromatic nitrogens is 1. The van der Waals surface area contributed by atoms with Gasteiger partial charge in [0.05, 0.1) is 0 Å². The van der Waals surface area contributed by atoms with E-state index in [4.69, 9.17) is 10.7 Å². The van der Waals surface area contributed by atoms with E-state index in [9.17, 15) is 13.2 Å². The number of halogens is 1. The molecule has 0 saturated carbocycles. The third kappa shape index (κ3) is 3.30. The van der Waals surface area contributed by atoms with Crippen molar-refractivity contribution < 1.29 is 13.2 Å². The Morgan fingerprint density at radius 1 is 1.37 bits per heavy atom. The minimum absolute atomic E-state index is 0.0742. The fourth-order valence-electron chi connectivity index (χ4n) is 2.12. The van der Waals surface area contributed by atoms with E-state index in [0.29, 0.717) is 13.1 Å². The standard InChI is InChI=1S/C12H17ClN2O3S/c1-12(2)3-5-15(6-4-12)11(16)10-7-9(8-14-10)19(13,17)18/h7-8,14H,3-6H2,1-2H3. The summed E-state index contributed by atoms with van der Waals surface area (Å²) in [7, 11) is 1.43. The molecular weight excluding hydrogens is 288 g/mol. The third-order valence-electron chi connectivity index (χ3n) is 3.57. The molecule has 2 rings (SSSR count). The lowest BCUT2D eigenvalue weighted by atomic mass is 9.82. The fourth-order valence-corrected chi connectivity index (χ4v) is 2.85. The van der Waals surface area contributed by atoms with Crippen LogP contribution in [0.15, 0.2) is 17.2 Å². The van der Waals surface area contributed by atoms with Crippen LogP contribution in [-0.4, -0.2) is 37.3 Å². The molecule has 1 fully saturated rings. The van der Waals surface area contributed by atoms with Gasteiger partial charge in [0.1, 0.15) is 10.6 Å². The van der Waals surface area contributed by atoms with E-state index in [1.54, 1.807) is 4.90 Å². The number of nitrogens with one attached hydrogen (secondary N) is 1. The number of carbonyl (C=O) groups excluding carboxylic acids is 1. The number of aromatic amines is 1. The maximum Gasteiger partial charge on any atom is 0.270 e. The Hall–Kier alpha value is -1.01. The largest absolute Gasteiger partial charge is 0.356 e. The molecule has 1 N–H and O–H groups in total. The number of hydrogen-bond acceptors (Lipinski definition) is 3. The van der Waals surface area contributed by atoms with Gasteiger partial charge in [-0.05, 0) is 24.3 Å². The monoisotopic (exact) mass is 304 g/mol. The van der Waals surface area contributed by atoms with Gasteiger partial charge in [-0.2, -0.15) is 0 Å². The van der Waals surface area contributed by atoms with Crippen molar-refractivity contribution in [2.24, 2.45) is 5.41 Å². The van der Waals surface area contributed by atoms with Crippen molar-refractivity contribution in [2.75, 3.05) is 13.1 Å². The van der Waals surface area contributed by atoms with E-state index in [2.05, 4.69) is 18.8 Å². The highest BCUT2D eigenvalue weighted by atomic mass is 35.7. The van der Waals surface area contributed by atoms with Gasteiger partial charge < -0.3 is 9.88 Å². The molecule has 1 aliphatic heterocycles. The van der Waals surface area contributed by atoms with Crippen molar-refractivity contribution >= 4 is 25.6 Å². The quantitative estimate of drug-likeness (QED) is 0.852. The summed E-state index contributed by atoms with van der Waals surface area (Å²) in [4.78, 5) is 16.5. The van der Waals surface area contributed by atoms with Gasteiger partial charge >= 0.3 is 0 Å². The summed E-state index contributed by atoms with van der Waals surface area (Å²) in [6.07, 6.45) is 3.13. The van der Waals surface area contributed by atoms with Crippen LogP contribution in [0.25, 0.3) is 0 Å². The van der Waals surface area contributed by atoms with Crippen LogP contribution in [0.2, 0.25) is 0 Å². The van der Waals surface area contributed by atoms with E-state index in [1.165, 1.54) is 12.3 Å². The highest BCUT2D eigenvalue weighted by Crippen LogP contribution is 2.30. The van der Waals surface area contributed by atoms with Crippen molar-refractivity contribution in [1.29, 1.82) is 0 Å². The molecule has 0 spiro atoms. The minimum Gasteiger partial charge on any atom is -0.356 e. The average molecular weight is 305 g/mol. The van der Waals surface area contributed by atoms with Crippen molar-refractivity contribution in [3.8, 4) is 0 Å². The molecule has 0 unspecified atom stereocenters. The predicted octanol–water partition coefficient (Wildman–Crippen LogP) is 2.20. The van der Waals surface area contributed by atoms with Gasteiger partial charge in [-0.25, -0.2) is 8.42 Å². The Balaban J connectivity index is 2.11. The van der Waals surface area contributed by atoms with E-state index in [-0.39, 0.29) is 21.9 Å². The molecule has 7 heteroatoms. The minimum atomic E-state index is -3.79. The lowest BCUT2D eigenvalue weighted by molar-refractivity contribution is 0.0625. The van der Waals surface area contributed by atoms with E-state index < -0.39 is 9.05 Å². The number of H-pyrrole nitrogens is 1. The average Bonchev–Trinajstić information content (AvgIpc) is 2.77. The van der Waals surface area contributed by atoms with Crippen LogP contribution >= 0.6 is 10.7 Å². The summed E-state index contributed by atoms with van der Waals surface area (Å²) >= 11 is 0. The molecule has 1 saturated heterocycles. The second-order valence-corrected chi connectivity index (χ2v) is 8.21. The Morgan fingerprint density at radius 2 is 1.95 bits per heavy atom. The second kappa shape index (κ2) is 4.83. The summed E-state index contributed by atoms with van der Waals surface area (Å²) in [6, 6.07) is 1.28. The first kappa shape index (κ1) is 14.4. The van der Waals surface area contributed by atoms with Crippen molar-refractivity contribution in [1.82, 2.24) is 9.88 Å². The van der Waals surface area contributed by atoms with Gasteiger partial charge in [0.2, 0.25) is 0 Å². The van der Waals surface area contributed by atoms with Crippen LogP contribution in [0.5, 0.6) is 0 Å². The zero-order valence-corrected chi connectivity index (χ0v) is 12.5. The van der Waals surface area contributed by atoms with Gasteiger partial charge in [0, 0.05) is 30.0 Å². The third-order valence-corrected chi connectivity index (χ3v) is 4.91. The lowest BCUT2D eigenvalue weighted by Gasteiger charge is -2.36. The van der Waals surface area contributed by atoms with Crippen LogP contribution in [-0.2, 0) is 9.05 Å². The van der Waals surface area contributed by atoms with Gasteiger partial charge in [-0.15, -0.1) is 0 Å². The van der Waals surface area contributed by atoms with Crippen molar-refractivity contribution in [3.05, 3.63) is 18.0 Å². The van der Waals surface area contributed by atoms with Gasteiger partial charge in [0.15, 0.2) is 0 Å². The molecule has 0 radical (unpaired) electrons. The van der Waals surface area contributed by atoms with Crippen molar-refractivity contribution in [3.63, 3.8) is 0 Å². The first-order valence-corrected chi connectivity index (χ1v) is 8.42. The molecule has 19 heavy (non-hydrogen) atoms. The molecule has 1 aromatic heterocycles. The topological polar surface area (TPSA) is 70.2 Å². The molecule has 0 aliphatic carbocycles. The van der Waals surface area contributed by atoms with Gasteiger partial charge in [-0.3, -0.25) is 4.79 Å². The number of piperidine rings is 1. The zero-order valence-electron chi connectivity index (χ0n) is 10.9. The van der Waals surface area contributed by atoms with Crippen LogP contribution in [0, 0.1) is 5.41 Å². The maximum atomic E-state index is 12.2. The van der Waals surface area contributed by atoms with Crippen LogP contribution in [0.4, 0.5) is 0 Å². The number of likely N-dealkylation sites (tertiary alicyclic amines) is 1. The molecule has 106 valence electrons. The Labute approximate surface area is 117 Å². The molecular formula is C12H17ClN2O3S. The Kier molecular flexibility index (Phi) is 3.66. The van der Waals surface area contributed by atoms with E-state index >= 15 is 0 Å². The maximum absolute atomic E-state index is 12.2. The Bertz CT molecular complexity index is 582. The smallest absolute Gasteiger partial charge is 0.270 e. The highest BCUT2D eigenvalue weighted by molar-refractivity contribution is 8.13. The van der Waals surface area contributed by atoms with Gasteiger partial charge in [0.25, 0.3) is 15.0 Å². The van der Waals surface area contributed by atoms with Crippen molar-refractivity contribution in [2.45, 2.75) is 31.6 Å². The second-order valence-electron chi connectivity index (χ2n) is 5.64. The summed E-state index contributed by atoms with van der Waals surface area (Å²) in [5.74, 6) is -0.179. The fraction of sp³-hybridized carbons (Fsp3) is 0.583. The number of hydrogen-bond donors (Lipinski definition) is 1. The van der Waals surface area contributed by atoms with E-state index in [1.807, 2.05) is 0 Å². The molecule has 0 bridgehead atoms. The summed E-state index contributed by atoms with van der Waals surface area (Å²) in [5, 5.41) is 0. The number of carbonyl (C=O) groups is 1. The molecule has 1 amide bonds. The first-order valence-electron chi connectivity index (χ1n) is 6.11. The normalized spacial score (nSPS) is 19.4. The number of amides is 1. The lowest BCUT2D eigenvalue weighted by Crippen LogP contribution is -2.41. The summed E-state index contributed by atoms with van der Waals surface area (Å²) < 4.78 is 22.3. The highest BCUT2D eigenvalue weighted by Gasteiger charge is 2.29. The van der Waals surface area contributed by atoms with Gasteiger partial charge in [-0.1, -0.05) is 13.8 Å². The SMILES string of the molecule is CC1(C)CCN(C(=O)c2cc(S(=O)(=O)Cl)c[nH]2)CC1. The molecule has 0 atom stereocenters. The van der Waals surface area contributed by atoms with Crippen LogP contribution in [0.1, 0.15) is 37.2 Å².